The number of aromatic nitrogens is 4. The van der Waals surface area contributed by atoms with E-state index < -0.39 is 11.9 Å². The number of hydrogen-bond acceptors (Lipinski definition) is 5. The molecule has 4 N–H and O–H groups in total. The van der Waals surface area contributed by atoms with Gasteiger partial charge in [-0.25, -0.2) is 4.98 Å². The standard InChI is InChI=1S/C34H37N5O4S2.Fe/c1-14-19(6-8-28(40)41)33-32(35)34-20(7-9-29(42)43)15(2)22(39-34)11-25-30(18(5)44)16(3)24(36-25)12-26-31(27-13-45-27)17(4)23(37-26)10-21(14)38-33;/h10-12,18,27H,6-9,13H2,1-5H3,(H7,35,36,37,38,39,40,41,42,43,44);/q;+2/p-1/t18-,27+;/m0./s1. The quantitative estimate of drug-likeness (QED) is 0.0669. The van der Waals surface area contributed by atoms with E-state index in [0.717, 1.165) is 55.6 Å². The van der Waals surface area contributed by atoms with Gasteiger partial charge in [-0.2, -0.15) is 12.6 Å². The number of aromatic amines is 1. The minimum atomic E-state index is -0.938. The zero-order valence-corrected chi connectivity index (χ0v) is 29.1. The van der Waals surface area contributed by atoms with Crippen LogP contribution >= 0.6 is 12.6 Å². The number of hydrogen-bond donors (Lipinski definition) is 5. The molecule has 0 aromatic carbocycles. The second-order valence-corrected chi connectivity index (χ2v) is 14.1. The zero-order chi connectivity index (χ0) is 32.3. The largest absolute Gasteiger partial charge is 2.00 e. The van der Waals surface area contributed by atoms with Crippen molar-refractivity contribution in [1.29, 1.82) is 5.41 Å². The normalized spacial score (nSPS) is 15.7. The second-order valence-electron chi connectivity index (χ2n) is 12.0. The Kier molecular flexibility index (Phi) is 9.57. The number of carboxylic acid groups (broad SMARTS) is 2. The molecule has 2 aliphatic heterocycles. The Morgan fingerprint density at radius 1 is 1.00 bits per heavy atom. The van der Waals surface area contributed by atoms with E-state index in [0.29, 0.717) is 38.8 Å². The first-order chi connectivity index (χ1) is 21.3. The van der Waals surface area contributed by atoms with Gasteiger partial charge in [-0.15, -0.1) is 22.1 Å². The second kappa shape index (κ2) is 13.0. The molecule has 6 heterocycles. The maximum Gasteiger partial charge on any atom is 2.00 e. The Labute approximate surface area is 286 Å². The van der Waals surface area contributed by atoms with Crippen molar-refractivity contribution in [2.24, 2.45) is 0 Å². The number of nitrogens with one attached hydrogen (secondary N) is 2. The van der Waals surface area contributed by atoms with Gasteiger partial charge in [0.05, 0.1) is 16.7 Å². The SMILES string of the molecule is CC1=C(CCC(=O)O)c2nc1cc1[n-]c(cc3[nH]c(cc4[n-]c(c(CCC(=O)O)c4C)c2=N)c([C@H](C)S)c3C)c([C@H]2C[SH+]2)c1C.[Fe+2]. The number of H-pyrrole nitrogens is 1. The van der Waals surface area contributed by atoms with Crippen LogP contribution in [0, 0.1) is 26.2 Å². The molecule has 8 bridgehead atoms. The average Bonchev–Trinajstić information content (AvgIpc) is 3.48. The van der Waals surface area contributed by atoms with Crippen LogP contribution in [0.1, 0.15) is 88.4 Å². The maximum absolute atomic E-state index is 11.6. The summed E-state index contributed by atoms with van der Waals surface area (Å²) in [4.78, 5) is 41.8. The van der Waals surface area contributed by atoms with Crippen molar-refractivity contribution < 1.29 is 36.9 Å². The summed E-state index contributed by atoms with van der Waals surface area (Å²) in [6, 6.07) is 6.02. The summed E-state index contributed by atoms with van der Waals surface area (Å²) in [5.41, 5.74) is 12.9. The topological polar surface area (TPSA) is 155 Å². The molecule has 4 aromatic heterocycles. The van der Waals surface area contributed by atoms with Gasteiger partial charge in [-0.3, -0.25) is 15.0 Å². The Morgan fingerprint density at radius 2 is 1.63 bits per heavy atom. The van der Waals surface area contributed by atoms with E-state index in [1.165, 1.54) is 17.3 Å². The molecule has 2 atom stereocenters. The summed E-state index contributed by atoms with van der Waals surface area (Å²) in [6.07, 6.45) is 0.178. The summed E-state index contributed by atoms with van der Waals surface area (Å²) in [6.45, 7) is 10.0. The van der Waals surface area contributed by atoms with Crippen LogP contribution in [-0.2, 0) is 44.8 Å². The van der Waals surface area contributed by atoms with Crippen molar-refractivity contribution in [3.05, 3.63) is 68.3 Å². The first-order valence-electron chi connectivity index (χ1n) is 15.0. The molecule has 4 aromatic rings. The number of carboxylic acids is 2. The third-order valence-electron chi connectivity index (χ3n) is 8.99. The van der Waals surface area contributed by atoms with Gasteiger partial charge in [0.2, 0.25) is 0 Å². The van der Waals surface area contributed by atoms with Gasteiger partial charge in [-0.05, 0) is 87.1 Å². The molecular formula is C34H36FeN5O4S2+. The van der Waals surface area contributed by atoms with Gasteiger partial charge in [-0.1, -0.05) is 34.9 Å². The number of thiol groups is 2. The van der Waals surface area contributed by atoms with Gasteiger partial charge in [0.1, 0.15) is 0 Å². The van der Waals surface area contributed by atoms with Crippen molar-refractivity contribution in [3.63, 3.8) is 0 Å². The van der Waals surface area contributed by atoms with Crippen LogP contribution in [-0.4, -0.2) is 37.9 Å². The predicted molar refractivity (Wildman–Crippen MR) is 183 cm³/mol. The van der Waals surface area contributed by atoms with Crippen molar-refractivity contribution >= 4 is 80.6 Å². The minimum absolute atomic E-state index is 0. The monoisotopic (exact) mass is 698 g/mol. The Hall–Kier alpha value is -3.44. The Morgan fingerprint density at radius 3 is 2.26 bits per heavy atom. The Balaban J connectivity index is 0.00000417. The van der Waals surface area contributed by atoms with E-state index in [9.17, 15) is 25.2 Å². The third-order valence-corrected chi connectivity index (χ3v) is 10.2. The molecule has 0 amide bonds. The van der Waals surface area contributed by atoms with E-state index >= 15 is 0 Å². The summed E-state index contributed by atoms with van der Waals surface area (Å²) >= 11 is 6.19. The van der Waals surface area contributed by atoms with Crippen molar-refractivity contribution in [2.75, 3.05) is 5.75 Å². The zero-order valence-electron chi connectivity index (χ0n) is 26.2. The summed E-state index contributed by atoms with van der Waals surface area (Å²) in [7, 11) is 0. The average molecular weight is 699 g/mol. The van der Waals surface area contributed by atoms with Crippen LogP contribution in [0.25, 0.3) is 44.2 Å². The molecule has 0 aliphatic carbocycles. The van der Waals surface area contributed by atoms with Crippen molar-refractivity contribution in [2.45, 2.75) is 70.8 Å². The number of rotatable bonds is 8. The fourth-order valence-corrected chi connectivity index (χ4v) is 7.58. The van der Waals surface area contributed by atoms with E-state index in [4.69, 9.17) is 27.6 Å². The maximum atomic E-state index is 11.6. The van der Waals surface area contributed by atoms with Crippen LogP contribution < -0.4 is 15.3 Å². The third kappa shape index (κ3) is 6.15. The van der Waals surface area contributed by atoms with Gasteiger partial charge in [0.25, 0.3) is 0 Å². The molecule has 9 nitrogen and oxygen atoms in total. The molecular weight excluding hydrogens is 662 g/mol. The number of aryl methyl sites for hydroxylation is 4. The van der Waals surface area contributed by atoms with Crippen LogP contribution in [0.4, 0.5) is 0 Å². The number of fused-ring (bicyclic) bond motifs is 8. The molecule has 1 saturated heterocycles. The minimum Gasteiger partial charge on any atom is -0.657 e. The van der Waals surface area contributed by atoms with Gasteiger partial charge in [0, 0.05) is 29.1 Å². The first kappa shape index (κ1) is 33.9. The molecule has 240 valence electrons. The van der Waals surface area contributed by atoms with E-state index in [1.807, 2.05) is 32.9 Å². The van der Waals surface area contributed by atoms with E-state index in [1.54, 1.807) is 0 Å². The van der Waals surface area contributed by atoms with Crippen LogP contribution in [0.3, 0.4) is 0 Å². The van der Waals surface area contributed by atoms with E-state index in [-0.39, 0.29) is 53.4 Å². The number of allylic oxidation sites excluding steroid dienone is 2. The van der Waals surface area contributed by atoms with Crippen LogP contribution in [0.2, 0.25) is 0 Å². The van der Waals surface area contributed by atoms with Crippen molar-refractivity contribution in [1.82, 2.24) is 19.9 Å². The molecule has 6 rings (SSSR count). The van der Waals surface area contributed by atoms with Gasteiger partial charge >= 0.3 is 29.0 Å². The summed E-state index contributed by atoms with van der Waals surface area (Å²) in [5.74, 6) is -0.779. The number of aliphatic carboxylic acids is 2. The fraction of sp³-hybridized carbons (Fsp3) is 0.353. The molecule has 2 aliphatic rings. The molecule has 0 unspecified atom stereocenters. The van der Waals surface area contributed by atoms with Crippen LogP contribution in [0.15, 0.2) is 18.2 Å². The molecule has 0 spiro atoms. The summed E-state index contributed by atoms with van der Waals surface area (Å²) in [5, 5.41) is 28.8. The van der Waals surface area contributed by atoms with Gasteiger partial charge < -0.3 is 25.2 Å². The Bertz CT molecular complexity index is 2140. The molecule has 0 saturated carbocycles. The van der Waals surface area contributed by atoms with Crippen molar-refractivity contribution in [3.8, 4) is 0 Å². The molecule has 1 fully saturated rings. The molecule has 46 heavy (non-hydrogen) atoms. The fourth-order valence-electron chi connectivity index (χ4n) is 6.45. The summed E-state index contributed by atoms with van der Waals surface area (Å²) < 4.78 is 0. The molecule has 12 heteroatoms. The number of nitrogens with zero attached hydrogens (tertiary/aromatic N) is 3. The smallest absolute Gasteiger partial charge is 0.657 e. The predicted octanol–water partition coefficient (Wildman–Crippen LogP) is 5.86. The van der Waals surface area contributed by atoms with E-state index in [2.05, 4.69) is 24.9 Å². The van der Waals surface area contributed by atoms with Gasteiger partial charge in [0.15, 0.2) is 11.0 Å². The molecule has 0 radical (unpaired) electrons. The number of carbonyl (C=O) groups is 2. The van der Waals surface area contributed by atoms with Crippen LogP contribution in [0.5, 0.6) is 0 Å². The first-order valence-corrected chi connectivity index (χ1v) is 16.7.